The number of hydrogen-bond donors (Lipinski definition) is 1. The number of rotatable bonds is 6. The Balaban J connectivity index is 2.73. The van der Waals surface area contributed by atoms with Crippen molar-refractivity contribution in [3.8, 4) is 17.2 Å². The molecule has 4 heteroatoms. The fraction of sp³-hybridized carbons (Fsp3) is 0.538. The van der Waals surface area contributed by atoms with Crippen molar-refractivity contribution < 1.29 is 19.3 Å². The lowest BCUT2D eigenvalue weighted by Crippen LogP contribution is -2.25. The minimum Gasteiger partial charge on any atom is -0.493 e. The van der Waals surface area contributed by atoms with Crippen molar-refractivity contribution in [1.29, 1.82) is 0 Å². The van der Waals surface area contributed by atoms with Crippen molar-refractivity contribution >= 4 is 0 Å². The average Bonchev–Trinajstić information content (AvgIpc) is 2.36. The van der Waals surface area contributed by atoms with Crippen LogP contribution in [0.15, 0.2) is 18.2 Å². The Morgan fingerprint density at radius 1 is 1.12 bits per heavy atom. The van der Waals surface area contributed by atoms with Crippen molar-refractivity contribution in [1.82, 2.24) is 0 Å². The van der Waals surface area contributed by atoms with E-state index in [9.17, 15) is 0 Å². The van der Waals surface area contributed by atoms with E-state index in [1.807, 2.05) is 19.9 Å². The summed E-state index contributed by atoms with van der Waals surface area (Å²) in [6.45, 7) is 4.40. The summed E-state index contributed by atoms with van der Waals surface area (Å²) in [4.78, 5) is 0. The standard InChI is InChI=1S/C13H20O4/c1-13(2,8-14)9-17-10-5-6-11(15-3)12(7-10)16-4/h5-7,14H,8-9H2,1-4H3. The first-order valence-electron chi connectivity index (χ1n) is 5.48. The molecular weight excluding hydrogens is 220 g/mol. The number of aliphatic hydroxyl groups excluding tert-OH is 1. The Morgan fingerprint density at radius 3 is 2.29 bits per heavy atom. The van der Waals surface area contributed by atoms with Crippen LogP contribution in [0.25, 0.3) is 0 Å². The first kappa shape index (κ1) is 13.6. The molecule has 1 N–H and O–H groups in total. The summed E-state index contributed by atoms with van der Waals surface area (Å²) in [7, 11) is 3.17. The zero-order valence-corrected chi connectivity index (χ0v) is 10.8. The van der Waals surface area contributed by atoms with E-state index in [-0.39, 0.29) is 12.0 Å². The third kappa shape index (κ3) is 3.82. The lowest BCUT2D eigenvalue weighted by atomic mass is 9.96. The second kappa shape index (κ2) is 5.77. The van der Waals surface area contributed by atoms with Crippen LogP contribution in [0.3, 0.4) is 0 Å². The molecule has 0 saturated heterocycles. The van der Waals surface area contributed by atoms with E-state index in [1.54, 1.807) is 26.4 Å². The van der Waals surface area contributed by atoms with Crippen LogP contribution in [0.5, 0.6) is 17.2 Å². The van der Waals surface area contributed by atoms with Crippen LogP contribution < -0.4 is 14.2 Å². The summed E-state index contributed by atoms with van der Waals surface area (Å²) in [5.41, 5.74) is -0.257. The molecule has 4 nitrogen and oxygen atoms in total. The largest absolute Gasteiger partial charge is 0.493 e. The first-order valence-corrected chi connectivity index (χ1v) is 5.48. The van der Waals surface area contributed by atoms with Gasteiger partial charge in [-0.15, -0.1) is 0 Å². The van der Waals surface area contributed by atoms with Crippen LogP contribution in [0, 0.1) is 5.41 Å². The van der Waals surface area contributed by atoms with Gasteiger partial charge in [0.1, 0.15) is 5.75 Å². The van der Waals surface area contributed by atoms with Crippen molar-refractivity contribution in [2.75, 3.05) is 27.4 Å². The molecule has 0 saturated carbocycles. The normalized spacial score (nSPS) is 11.1. The van der Waals surface area contributed by atoms with Crippen LogP contribution >= 0.6 is 0 Å². The van der Waals surface area contributed by atoms with Gasteiger partial charge in [0.15, 0.2) is 11.5 Å². The summed E-state index contributed by atoms with van der Waals surface area (Å²) >= 11 is 0. The fourth-order valence-corrected chi connectivity index (χ4v) is 1.23. The van der Waals surface area contributed by atoms with Gasteiger partial charge in [0.25, 0.3) is 0 Å². The van der Waals surface area contributed by atoms with Crippen molar-refractivity contribution in [3.05, 3.63) is 18.2 Å². The topological polar surface area (TPSA) is 47.9 Å². The third-order valence-corrected chi connectivity index (χ3v) is 2.41. The van der Waals surface area contributed by atoms with E-state index in [1.165, 1.54) is 0 Å². The summed E-state index contributed by atoms with van der Waals surface area (Å²) in [5, 5.41) is 9.13. The van der Waals surface area contributed by atoms with Gasteiger partial charge in [0.2, 0.25) is 0 Å². The summed E-state index contributed by atoms with van der Waals surface area (Å²) in [6.07, 6.45) is 0. The number of methoxy groups -OCH3 is 2. The van der Waals surface area contributed by atoms with Crippen molar-refractivity contribution in [2.24, 2.45) is 5.41 Å². The molecule has 1 aromatic rings. The monoisotopic (exact) mass is 240 g/mol. The Labute approximate surface area is 102 Å². The molecule has 0 unspecified atom stereocenters. The number of ether oxygens (including phenoxy) is 3. The van der Waals surface area contributed by atoms with Crippen molar-refractivity contribution in [3.63, 3.8) is 0 Å². The predicted octanol–water partition coefficient (Wildman–Crippen LogP) is 2.10. The van der Waals surface area contributed by atoms with Gasteiger partial charge in [-0.3, -0.25) is 0 Å². The van der Waals surface area contributed by atoms with E-state index in [0.717, 1.165) is 0 Å². The molecule has 0 aliphatic carbocycles. The Bertz CT molecular complexity index is 360. The highest BCUT2D eigenvalue weighted by Crippen LogP contribution is 2.31. The molecule has 1 aromatic carbocycles. The SMILES string of the molecule is COc1ccc(OCC(C)(C)CO)cc1OC. The molecular formula is C13H20O4. The van der Waals surface area contributed by atoms with Gasteiger partial charge in [-0.2, -0.15) is 0 Å². The van der Waals surface area contributed by atoms with E-state index >= 15 is 0 Å². The minimum atomic E-state index is -0.257. The minimum absolute atomic E-state index is 0.0836. The summed E-state index contributed by atoms with van der Waals surface area (Å²) in [6, 6.07) is 5.38. The van der Waals surface area contributed by atoms with Crippen LogP contribution in [-0.4, -0.2) is 32.5 Å². The highest BCUT2D eigenvalue weighted by atomic mass is 16.5. The summed E-state index contributed by atoms with van der Waals surface area (Å²) in [5.74, 6) is 2.00. The van der Waals surface area contributed by atoms with E-state index < -0.39 is 0 Å². The number of hydrogen-bond acceptors (Lipinski definition) is 4. The molecule has 0 bridgehead atoms. The third-order valence-electron chi connectivity index (χ3n) is 2.41. The van der Waals surface area contributed by atoms with Crippen LogP contribution in [0.4, 0.5) is 0 Å². The number of aliphatic hydroxyl groups is 1. The predicted molar refractivity (Wildman–Crippen MR) is 65.9 cm³/mol. The maximum Gasteiger partial charge on any atom is 0.164 e. The fourth-order valence-electron chi connectivity index (χ4n) is 1.23. The molecule has 0 fully saturated rings. The molecule has 0 spiro atoms. The Kier molecular flexibility index (Phi) is 4.63. The lowest BCUT2D eigenvalue weighted by Gasteiger charge is -2.22. The maximum atomic E-state index is 9.13. The molecule has 0 aliphatic rings. The summed E-state index contributed by atoms with van der Waals surface area (Å²) < 4.78 is 15.9. The molecule has 0 heterocycles. The van der Waals surface area contributed by atoms with Gasteiger partial charge in [0, 0.05) is 11.5 Å². The molecule has 0 amide bonds. The van der Waals surface area contributed by atoms with Crippen LogP contribution in [-0.2, 0) is 0 Å². The molecule has 0 radical (unpaired) electrons. The molecule has 0 aliphatic heterocycles. The van der Waals surface area contributed by atoms with E-state index in [0.29, 0.717) is 23.9 Å². The molecule has 1 rings (SSSR count). The maximum absolute atomic E-state index is 9.13. The Morgan fingerprint density at radius 2 is 1.76 bits per heavy atom. The quantitative estimate of drug-likeness (QED) is 0.827. The van der Waals surface area contributed by atoms with Gasteiger partial charge in [-0.1, -0.05) is 13.8 Å². The van der Waals surface area contributed by atoms with Gasteiger partial charge < -0.3 is 19.3 Å². The molecule has 0 atom stereocenters. The smallest absolute Gasteiger partial charge is 0.164 e. The second-order valence-electron chi connectivity index (χ2n) is 4.63. The second-order valence-corrected chi connectivity index (χ2v) is 4.63. The first-order chi connectivity index (χ1) is 8.02. The van der Waals surface area contributed by atoms with E-state index in [2.05, 4.69) is 0 Å². The Hall–Kier alpha value is -1.42. The zero-order valence-electron chi connectivity index (χ0n) is 10.8. The van der Waals surface area contributed by atoms with Gasteiger partial charge in [-0.25, -0.2) is 0 Å². The van der Waals surface area contributed by atoms with E-state index in [4.69, 9.17) is 19.3 Å². The van der Waals surface area contributed by atoms with Crippen molar-refractivity contribution in [2.45, 2.75) is 13.8 Å². The van der Waals surface area contributed by atoms with Gasteiger partial charge in [-0.05, 0) is 12.1 Å². The highest BCUT2D eigenvalue weighted by molar-refractivity contribution is 5.45. The van der Waals surface area contributed by atoms with Gasteiger partial charge in [0.05, 0.1) is 27.4 Å². The molecule has 0 aromatic heterocycles. The van der Waals surface area contributed by atoms with Gasteiger partial charge >= 0.3 is 0 Å². The zero-order chi connectivity index (χ0) is 12.9. The van der Waals surface area contributed by atoms with Crippen LogP contribution in [0.1, 0.15) is 13.8 Å². The lowest BCUT2D eigenvalue weighted by molar-refractivity contribution is 0.0974. The molecule has 17 heavy (non-hydrogen) atoms. The average molecular weight is 240 g/mol. The number of benzene rings is 1. The highest BCUT2D eigenvalue weighted by Gasteiger charge is 2.17. The van der Waals surface area contributed by atoms with Crippen LogP contribution in [0.2, 0.25) is 0 Å². The molecule has 96 valence electrons.